The van der Waals surface area contributed by atoms with Gasteiger partial charge < -0.3 is 10.1 Å². The number of nitrogens with one attached hydrogen (secondary N) is 1. The molecule has 0 amide bonds. The fourth-order valence-electron chi connectivity index (χ4n) is 1.10. The first-order valence-electron chi connectivity index (χ1n) is 5.20. The zero-order valence-corrected chi connectivity index (χ0v) is 9.42. The summed E-state index contributed by atoms with van der Waals surface area (Å²) >= 11 is 0. The molecule has 0 fully saturated rings. The Labute approximate surface area is 91.2 Å². The van der Waals surface area contributed by atoms with Crippen molar-refractivity contribution in [3.63, 3.8) is 0 Å². The minimum absolute atomic E-state index is 0.637. The second-order valence-electron chi connectivity index (χ2n) is 3.45. The number of anilines is 1. The highest BCUT2D eigenvalue weighted by atomic mass is 16.5. The number of nitrogens with zero attached hydrogens (tertiary/aromatic N) is 1. The highest BCUT2D eigenvalue weighted by Crippen LogP contribution is 2.11. The lowest BCUT2D eigenvalue weighted by Gasteiger charge is -2.07. The summed E-state index contributed by atoms with van der Waals surface area (Å²) in [4.78, 5) is 4.30. The fourth-order valence-corrected chi connectivity index (χ4v) is 1.10. The van der Waals surface area contributed by atoms with Crippen molar-refractivity contribution < 1.29 is 4.74 Å². The van der Waals surface area contributed by atoms with Crippen LogP contribution in [0.15, 0.2) is 30.4 Å². The quantitative estimate of drug-likeness (QED) is 0.727. The van der Waals surface area contributed by atoms with E-state index in [-0.39, 0.29) is 0 Å². The van der Waals surface area contributed by atoms with Gasteiger partial charge in [-0.1, -0.05) is 11.6 Å². The Morgan fingerprint density at radius 1 is 1.53 bits per heavy atom. The molecule has 1 N–H and O–H groups in total. The second kappa shape index (κ2) is 6.06. The maximum Gasteiger partial charge on any atom is 0.215 e. The van der Waals surface area contributed by atoms with E-state index in [4.69, 9.17) is 4.74 Å². The minimum atomic E-state index is 0.637. The average Bonchev–Trinajstić information content (AvgIpc) is 2.18. The van der Waals surface area contributed by atoms with Crippen molar-refractivity contribution in [1.29, 1.82) is 0 Å². The van der Waals surface area contributed by atoms with Crippen LogP contribution in [0.3, 0.4) is 0 Å². The van der Waals surface area contributed by atoms with Crippen LogP contribution in [0, 0.1) is 0 Å². The largest absolute Gasteiger partial charge is 0.477 e. The van der Waals surface area contributed by atoms with Crippen molar-refractivity contribution in [3.05, 3.63) is 30.4 Å². The first kappa shape index (κ1) is 11.6. The van der Waals surface area contributed by atoms with Crippen molar-refractivity contribution in [2.45, 2.75) is 20.3 Å². The standard InChI is InChI=1S/C12H18N2O/c1-4-13-11-6-5-7-12(14-11)15-9-8-10(2)3/h5-7H,2,4,8-9H2,1,3H3,(H,13,14). The van der Waals surface area contributed by atoms with E-state index in [0.717, 1.165) is 24.4 Å². The molecule has 0 bridgehead atoms. The highest BCUT2D eigenvalue weighted by molar-refractivity contribution is 5.36. The van der Waals surface area contributed by atoms with Gasteiger partial charge in [0.1, 0.15) is 5.82 Å². The molecule has 1 aromatic heterocycles. The van der Waals surface area contributed by atoms with E-state index in [0.29, 0.717) is 12.5 Å². The van der Waals surface area contributed by atoms with Gasteiger partial charge in [0.2, 0.25) is 5.88 Å². The lowest BCUT2D eigenvalue weighted by Crippen LogP contribution is -2.02. The predicted octanol–water partition coefficient (Wildman–Crippen LogP) is 2.86. The molecule has 0 aromatic carbocycles. The molecule has 0 atom stereocenters. The molecular formula is C12H18N2O. The summed E-state index contributed by atoms with van der Waals surface area (Å²) in [6.45, 7) is 9.35. The van der Waals surface area contributed by atoms with E-state index >= 15 is 0 Å². The Kier molecular flexibility index (Phi) is 4.68. The maximum atomic E-state index is 5.49. The summed E-state index contributed by atoms with van der Waals surface area (Å²) in [6, 6.07) is 5.72. The molecule has 1 rings (SSSR count). The molecule has 0 saturated carbocycles. The Bertz CT molecular complexity index is 323. The predicted molar refractivity (Wildman–Crippen MR) is 63.3 cm³/mol. The zero-order chi connectivity index (χ0) is 11.1. The van der Waals surface area contributed by atoms with Crippen LogP contribution in [0.4, 0.5) is 5.82 Å². The van der Waals surface area contributed by atoms with Crippen LogP contribution in [0.1, 0.15) is 20.3 Å². The molecule has 3 heteroatoms. The molecule has 0 aliphatic rings. The highest BCUT2D eigenvalue weighted by Gasteiger charge is 1.97. The Balaban J connectivity index is 2.46. The van der Waals surface area contributed by atoms with Crippen LogP contribution in [-0.2, 0) is 0 Å². The molecule has 0 aliphatic carbocycles. The van der Waals surface area contributed by atoms with E-state index in [1.807, 2.05) is 32.0 Å². The molecule has 15 heavy (non-hydrogen) atoms. The van der Waals surface area contributed by atoms with Crippen LogP contribution >= 0.6 is 0 Å². The Morgan fingerprint density at radius 2 is 2.33 bits per heavy atom. The lowest BCUT2D eigenvalue weighted by atomic mass is 10.3. The fraction of sp³-hybridized carbons (Fsp3) is 0.417. The van der Waals surface area contributed by atoms with Gasteiger partial charge in [-0.05, 0) is 19.9 Å². The number of pyridine rings is 1. The Morgan fingerprint density at radius 3 is 3.00 bits per heavy atom. The monoisotopic (exact) mass is 206 g/mol. The van der Waals surface area contributed by atoms with Crippen LogP contribution < -0.4 is 10.1 Å². The van der Waals surface area contributed by atoms with Gasteiger partial charge in [0.25, 0.3) is 0 Å². The van der Waals surface area contributed by atoms with Crippen LogP contribution in [0.25, 0.3) is 0 Å². The van der Waals surface area contributed by atoms with Crippen LogP contribution in [-0.4, -0.2) is 18.1 Å². The number of hydrogen-bond acceptors (Lipinski definition) is 3. The summed E-state index contributed by atoms with van der Waals surface area (Å²) in [5, 5.41) is 3.14. The molecule has 0 spiro atoms. The summed E-state index contributed by atoms with van der Waals surface area (Å²) in [7, 11) is 0. The molecule has 0 aliphatic heterocycles. The van der Waals surface area contributed by atoms with Gasteiger partial charge in [-0.2, -0.15) is 4.98 Å². The van der Waals surface area contributed by atoms with Crippen molar-refractivity contribution in [3.8, 4) is 5.88 Å². The zero-order valence-electron chi connectivity index (χ0n) is 9.42. The lowest BCUT2D eigenvalue weighted by molar-refractivity contribution is 0.310. The van der Waals surface area contributed by atoms with Crippen molar-refractivity contribution in [2.24, 2.45) is 0 Å². The molecular weight excluding hydrogens is 188 g/mol. The Hall–Kier alpha value is -1.51. The molecule has 0 unspecified atom stereocenters. The van der Waals surface area contributed by atoms with Gasteiger partial charge in [0.05, 0.1) is 6.61 Å². The SMILES string of the molecule is C=C(C)CCOc1cccc(NCC)n1. The minimum Gasteiger partial charge on any atom is -0.477 e. The normalized spacial score (nSPS) is 9.73. The first-order chi connectivity index (χ1) is 7.22. The first-order valence-corrected chi connectivity index (χ1v) is 5.20. The number of rotatable bonds is 6. The maximum absolute atomic E-state index is 5.49. The number of ether oxygens (including phenoxy) is 1. The topological polar surface area (TPSA) is 34.1 Å². The third-order valence-corrected chi connectivity index (χ3v) is 1.86. The average molecular weight is 206 g/mol. The van der Waals surface area contributed by atoms with E-state index in [2.05, 4.69) is 16.9 Å². The van der Waals surface area contributed by atoms with Gasteiger partial charge in [0, 0.05) is 19.0 Å². The molecule has 82 valence electrons. The van der Waals surface area contributed by atoms with Crippen LogP contribution in [0.5, 0.6) is 5.88 Å². The summed E-state index contributed by atoms with van der Waals surface area (Å²) in [6.07, 6.45) is 0.868. The van der Waals surface area contributed by atoms with Gasteiger partial charge in [-0.3, -0.25) is 0 Å². The van der Waals surface area contributed by atoms with Crippen LogP contribution in [0.2, 0.25) is 0 Å². The van der Waals surface area contributed by atoms with Crippen molar-refractivity contribution in [1.82, 2.24) is 4.98 Å². The van der Waals surface area contributed by atoms with Gasteiger partial charge in [0.15, 0.2) is 0 Å². The van der Waals surface area contributed by atoms with E-state index in [9.17, 15) is 0 Å². The number of hydrogen-bond donors (Lipinski definition) is 1. The van der Waals surface area contributed by atoms with E-state index in [1.165, 1.54) is 0 Å². The summed E-state index contributed by atoms with van der Waals surface area (Å²) in [5.74, 6) is 1.51. The van der Waals surface area contributed by atoms with E-state index < -0.39 is 0 Å². The van der Waals surface area contributed by atoms with Gasteiger partial charge in [-0.25, -0.2) is 0 Å². The molecule has 0 radical (unpaired) electrons. The van der Waals surface area contributed by atoms with E-state index in [1.54, 1.807) is 0 Å². The molecule has 0 saturated heterocycles. The molecule has 1 aromatic rings. The number of aromatic nitrogens is 1. The van der Waals surface area contributed by atoms with Crippen molar-refractivity contribution >= 4 is 5.82 Å². The molecule has 3 nitrogen and oxygen atoms in total. The third-order valence-electron chi connectivity index (χ3n) is 1.86. The van der Waals surface area contributed by atoms with Crippen molar-refractivity contribution in [2.75, 3.05) is 18.5 Å². The molecule has 1 heterocycles. The smallest absolute Gasteiger partial charge is 0.215 e. The van der Waals surface area contributed by atoms with Gasteiger partial charge in [-0.15, -0.1) is 6.58 Å². The third kappa shape index (κ3) is 4.49. The summed E-state index contributed by atoms with van der Waals surface area (Å²) in [5.41, 5.74) is 1.12. The summed E-state index contributed by atoms with van der Waals surface area (Å²) < 4.78 is 5.49. The van der Waals surface area contributed by atoms with Gasteiger partial charge >= 0.3 is 0 Å². The second-order valence-corrected chi connectivity index (χ2v) is 3.45.